The van der Waals surface area contributed by atoms with Gasteiger partial charge in [0.15, 0.2) is 5.65 Å². The van der Waals surface area contributed by atoms with Crippen molar-refractivity contribution in [3.8, 4) is 0 Å². The van der Waals surface area contributed by atoms with Crippen LogP contribution in [0, 0.1) is 6.92 Å². The number of aliphatic hydroxyl groups excluding tert-OH is 1. The van der Waals surface area contributed by atoms with Crippen molar-refractivity contribution in [1.29, 1.82) is 0 Å². The fourth-order valence-corrected chi connectivity index (χ4v) is 2.27. The number of nitrogens with one attached hydrogen (secondary N) is 1. The minimum absolute atomic E-state index is 0.134. The summed E-state index contributed by atoms with van der Waals surface area (Å²) >= 11 is 0. The van der Waals surface area contributed by atoms with Gasteiger partial charge in [-0.1, -0.05) is 13.8 Å². The lowest BCUT2D eigenvalue weighted by atomic mass is 9.87. The summed E-state index contributed by atoms with van der Waals surface area (Å²) in [5, 5.41) is 17.2. The normalized spacial score (nSPS) is 21.8. The summed E-state index contributed by atoms with van der Waals surface area (Å²) in [6, 6.07) is 0. The average Bonchev–Trinajstić information content (AvgIpc) is 2.87. The zero-order valence-corrected chi connectivity index (χ0v) is 11.9. The summed E-state index contributed by atoms with van der Waals surface area (Å²) in [4.78, 5) is 10.9. The summed E-state index contributed by atoms with van der Waals surface area (Å²) < 4.78 is 0. The second-order valence-corrected chi connectivity index (χ2v) is 4.78. The van der Waals surface area contributed by atoms with Crippen LogP contribution in [0.25, 0.3) is 11.0 Å². The Morgan fingerprint density at radius 2 is 2.16 bits per heavy atom. The van der Waals surface area contributed by atoms with Gasteiger partial charge in [0.1, 0.15) is 11.6 Å². The molecule has 2 aromatic rings. The number of hydrogen-bond donors (Lipinski definition) is 2. The van der Waals surface area contributed by atoms with Gasteiger partial charge >= 0.3 is 0 Å². The third-order valence-corrected chi connectivity index (χ3v) is 3.52. The molecule has 19 heavy (non-hydrogen) atoms. The number of aliphatic hydroxyl groups is 1. The van der Waals surface area contributed by atoms with Crippen LogP contribution in [0.15, 0.2) is 6.20 Å². The van der Waals surface area contributed by atoms with Crippen LogP contribution in [-0.4, -0.2) is 44.0 Å². The van der Waals surface area contributed by atoms with Gasteiger partial charge < -0.3 is 10.0 Å². The Kier molecular flexibility index (Phi) is 3.71. The number of H-pyrrole nitrogens is 1. The van der Waals surface area contributed by atoms with Crippen LogP contribution in [0.4, 0.5) is 5.82 Å². The van der Waals surface area contributed by atoms with Crippen LogP contribution in [0.5, 0.6) is 0 Å². The molecule has 0 radical (unpaired) electrons. The molecule has 1 aliphatic rings. The predicted molar refractivity (Wildman–Crippen MR) is 75.2 cm³/mol. The third-order valence-electron chi connectivity index (χ3n) is 3.52. The minimum Gasteiger partial charge on any atom is -0.394 e. The highest BCUT2D eigenvalue weighted by Gasteiger charge is 2.41. The number of anilines is 1. The Balaban J connectivity index is 0.000000637. The molecule has 1 aliphatic heterocycles. The number of rotatable bonds is 2. The SMILES string of the molecule is CC.Cc1nc(N2CCC2(C)CO)c2cn[nH]c2n1. The van der Waals surface area contributed by atoms with Crippen molar-refractivity contribution in [2.24, 2.45) is 0 Å². The van der Waals surface area contributed by atoms with Crippen LogP contribution in [0.3, 0.4) is 0 Å². The maximum absolute atomic E-state index is 9.46. The monoisotopic (exact) mass is 263 g/mol. The van der Waals surface area contributed by atoms with Crippen molar-refractivity contribution in [2.75, 3.05) is 18.1 Å². The molecule has 1 atom stereocenters. The molecule has 3 heterocycles. The fraction of sp³-hybridized carbons (Fsp3) is 0.615. The molecular weight excluding hydrogens is 242 g/mol. The molecule has 0 spiro atoms. The maximum atomic E-state index is 9.46. The molecular formula is C13H21N5O. The molecule has 104 valence electrons. The number of aryl methyl sites for hydroxylation is 1. The summed E-state index contributed by atoms with van der Waals surface area (Å²) in [6.45, 7) is 8.95. The number of fused-ring (bicyclic) bond motifs is 1. The van der Waals surface area contributed by atoms with E-state index in [1.165, 1.54) is 0 Å². The first-order chi connectivity index (χ1) is 9.14. The first kappa shape index (κ1) is 13.7. The van der Waals surface area contributed by atoms with Gasteiger partial charge in [-0.05, 0) is 20.3 Å². The van der Waals surface area contributed by atoms with E-state index in [-0.39, 0.29) is 12.1 Å². The first-order valence-electron chi connectivity index (χ1n) is 6.70. The summed E-state index contributed by atoms with van der Waals surface area (Å²) in [5.41, 5.74) is 0.546. The van der Waals surface area contributed by atoms with Crippen molar-refractivity contribution in [3.05, 3.63) is 12.0 Å². The molecule has 3 rings (SSSR count). The molecule has 6 nitrogen and oxygen atoms in total. The highest BCUT2D eigenvalue weighted by Crippen LogP contribution is 2.36. The Morgan fingerprint density at radius 3 is 2.74 bits per heavy atom. The lowest BCUT2D eigenvalue weighted by Gasteiger charge is -2.50. The van der Waals surface area contributed by atoms with Crippen LogP contribution in [-0.2, 0) is 0 Å². The minimum atomic E-state index is -0.203. The molecule has 1 unspecified atom stereocenters. The lowest BCUT2D eigenvalue weighted by molar-refractivity contribution is 0.152. The highest BCUT2D eigenvalue weighted by molar-refractivity contribution is 5.87. The molecule has 2 N–H and O–H groups in total. The van der Waals surface area contributed by atoms with Gasteiger partial charge in [0.2, 0.25) is 0 Å². The van der Waals surface area contributed by atoms with Crippen molar-refractivity contribution >= 4 is 16.9 Å². The van der Waals surface area contributed by atoms with E-state index in [0.29, 0.717) is 5.82 Å². The lowest BCUT2D eigenvalue weighted by Crippen LogP contribution is -2.61. The highest BCUT2D eigenvalue weighted by atomic mass is 16.3. The van der Waals surface area contributed by atoms with Crippen molar-refractivity contribution in [2.45, 2.75) is 39.7 Å². The standard InChI is InChI=1S/C11H15N5O.C2H6/c1-7-13-9-8(5-12-15-9)10(14-7)16-4-3-11(16,2)6-17;1-2/h5,17H,3-4,6H2,1-2H3,(H,12,13,14,15);1-2H3. The first-order valence-corrected chi connectivity index (χ1v) is 6.70. The quantitative estimate of drug-likeness (QED) is 0.861. The van der Waals surface area contributed by atoms with Gasteiger partial charge in [0.05, 0.1) is 23.7 Å². The van der Waals surface area contributed by atoms with E-state index in [0.717, 1.165) is 29.8 Å². The van der Waals surface area contributed by atoms with Crippen molar-refractivity contribution < 1.29 is 5.11 Å². The molecule has 2 aromatic heterocycles. The van der Waals surface area contributed by atoms with E-state index in [1.807, 2.05) is 27.7 Å². The van der Waals surface area contributed by atoms with Crippen molar-refractivity contribution in [3.63, 3.8) is 0 Å². The van der Waals surface area contributed by atoms with Crippen LogP contribution in [0.1, 0.15) is 33.0 Å². The zero-order valence-electron chi connectivity index (χ0n) is 11.9. The Bertz CT molecular complexity index is 563. The van der Waals surface area contributed by atoms with Gasteiger partial charge in [-0.25, -0.2) is 9.97 Å². The molecule has 6 heteroatoms. The van der Waals surface area contributed by atoms with E-state index in [1.54, 1.807) is 6.20 Å². The van der Waals surface area contributed by atoms with Gasteiger partial charge in [-0.2, -0.15) is 5.10 Å². The molecule has 0 aromatic carbocycles. The van der Waals surface area contributed by atoms with Gasteiger partial charge in [0, 0.05) is 6.54 Å². The number of hydrogen-bond acceptors (Lipinski definition) is 5. The number of nitrogens with zero attached hydrogens (tertiary/aromatic N) is 4. The van der Waals surface area contributed by atoms with Gasteiger partial charge in [-0.3, -0.25) is 5.10 Å². The maximum Gasteiger partial charge on any atom is 0.161 e. The summed E-state index contributed by atoms with van der Waals surface area (Å²) in [5.74, 6) is 1.58. The topological polar surface area (TPSA) is 77.9 Å². The number of aromatic amines is 1. The zero-order chi connectivity index (χ0) is 14.0. The van der Waals surface area contributed by atoms with E-state index in [4.69, 9.17) is 0 Å². The second kappa shape index (κ2) is 5.13. The molecule has 0 amide bonds. The van der Waals surface area contributed by atoms with E-state index in [2.05, 4.69) is 25.1 Å². The van der Waals surface area contributed by atoms with E-state index < -0.39 is 0 Å². The Labute approximate surface area is 112 Å². The number of aromatic nitrogens is 4. The molecule has 1 saturated heterocycles. The summed E-state index contributed by atoms with van der Waals surface area (Å²) in [6.07, 6.45) is 2.71. The summed E-state index contributed by atoms with van der Waals surface area (Å²) in [7, 11) is 0. The molecule has 0 saturated carbocycles. The van der Waals surface area contributed by atoms with Gasteiger partial charge in [0.25, 0.3) is 0 Å². The third kappa shape index (κ3) is 2.16. The fourth-order valence-electron chi connectivity index (χ4n) is 2.27. The van der Waals surface area contributed by atoms with E-state index in [9.17, 15) is 5.11 Å². The Morgan fingerprint density at radius 1 is 1.42 bits per heavy atom. The Hall–Kier alpha value is -1.69. The smallest absolute Gasteiger partial charge is 0.161 e. The van der Waals surface area contributed by atoms with E-state index >= 15 is 0 Å². The van der Waals surface area contributed by atoms with Crippen LogP contribution in [0.2, 0.25) is 0 Å². The predicted octanol–water partition coefficient (Wildman–Crippen LogP) is 1.65. The molecule has 0 aliphatic carbocycles. The largest absolute Gasteiger partial charge is 0.394 e. The van der Waals surface area contributed by atoms with Crippen LogP contribution < -0.4 is 4.90 Å². The second-order valence-electron chi connectivity index (χ2n) is 4.78. The van der Waals surface area contributed by atoms with Gasteiger partial charge in [-0.15, -0.1) is 0 Å². The van der Waals surface area contributed by atoms with Crippen molar-refractivity contribution in [1.82, 2.24) is 20.2 Å². The molecule has 0 bridgehead atoms. The average molecular weight is 263 g/mol. The molecule has 1 fully saturated rings. The van der Waals surface area contributed by atoms with Crippen LogP contribution >= 0.6 is 0 Å².